The summed E-state index contributed by atoms with van der Waals surface area (Å²) in [6, 6.07) is 9.31. The molecule has 1 aromatic carbocycles. The molecule has 1 N–H and O–H groups in total. The molecule has 1 fully saturated rings. The third kappa shape index (κ3) is 3.86. The summed E-state index contributed by atoms with van der Waals surface area (Å²) in [4.78, 5) is 28.4. The van der Waals surface area contributed by atoms with Crippen molar-refractivity contribution in [1.29, 1.82) is 0 Å². The Morgan fingerprint density at radius 3 is 2.80 bits per heavy atom. The van der Waals surface area contributed by atoms with Crippen molar-refractivity contribution < 1.29 is 14.3 Å². The second-order valence-electron chi connectivity index (χ2n) is 8.04. The number of hydrogen-bond donors (Lipinski definition) is 1. The van der Waals surface area contributed by atoms with Gasteiger partial charge in [0.2, 0.25) is 0 Å². The van der Waals surface area contributed by atoms with Crippen LogP contribution in [0.5, 0.6) is 0 Å². The van der Waals surface area contributed by atoms with Gasteiger partial charge < -0.3 is 19.5 Å². The minimum Gasteiger partial charge on any atom is -0.373 e. The van der Waals surface area contributed by atoms with Crippen LogP contribution in [-0.4, -0.2) is 40.5 Å². The monoisotopic (exact) mass is 429 g/mol. The van der Waals surface area contributed by atoms with E-state index in [2.05, 4.69) is 12.2 Å². The standard InChI is InChI=1S/C23H28ClN3O3/c1-3-19(16-8-4-5-9-18(16)24)25-22(28)17-13-20(27-11-12-30-14-21(17)27)23(29)26-10-6-7-15(26)2/h4-5,8-9,13,15,19H,3,6-7,10-12,14H2,1-2H3,(H,25,28)/t15-,19+/m0/s1. The lowest BCUT2D eigenvalue weighted by Crippen LogP contribution is -2.35. The summed E-state index contributed by atoms with van der Waals surface area (Å²) in [5.41, 5.74) is 2.75. The fourth-order valence-corrected chi connectivity index (χ4v) is 4.74. The number of benzene rings is 1. The number of halogens is 1. The molecular formula is C23H28ClN3O3. The van der Waals surface area contributed by atoms with Gasteiger partial charge >= 0.3 is 0 Å². The van der Waals surface area contributed by atoms with Gasteiger partial charge in [-0.25, -0.2) is 0 Å². The van der Waals surface area contributed by atoms with Crippen LogP contribution >= 0.6 is 11.6 Å². The van der Waals surface area contributed by atoms with Gasteiger partial charge in [-0.3, -0.25) is 9.59 Å². The molecule has 0 radical (unpaired) electrons. The molecule has 6 nitrogen and oxygen atoms in total. The molecule has 0 aliphatic carbocycles. The normalized spacial score (nSPS) is 19.4. The van der Waals surface area contributed by atoms with Gasteiger partial charge in [-0.1, -0.05) is 36.7 Å². The Kier molecular flexibility index (Phi) is 6.16. The summed E-state index contributed by atoms with van der Waals surface area (Å²) in [6.07, 6.45) is 2.75. The highest BCUT2D eigenvalue weighted by molar-refractivity contribution is 6.31. The van der Waals surface area contributed by atoms with E-state index in [4.69, 9.17) is 16.3 Å². The van der Waals surface area contributed by atoms with E-state index < -0.39 is 0 Å². The quantitative estimate of drug-likeness (QED) is 0.775. The average molecular weight is 430 g/mol. The molecule has 2 aliphatic heterocycles. The summed E-state index contributed by atoms with van der Waals surface area (Å²) in [5.74, 6) is -0.204. The minimum atomic E-state index is -0.205. The van der Waals surface area contributed by atoms with Crippen LogP contribution in [0, 0.1) is 0 Å². The van der Waals surface area contributed by atoms with Crippen LogP contribution in [0.15, 0.2) is 30.3 Å². The molecular weight excluding hydrogens is 402 g/mol. The maximum absolute atomic E-state index is 13.2. The third-order valence-electron chi connectivity index (χ3n) is 6.18. The first-order valence-corrected chi connectivity index (χ1v) is 11.1. The zero-order valence-corrected chi connectivity index (χ0v) is 18.2. The van der Waals surface area contributed by atoms with Gasteiger partial charge in [-0.15, -0.1) is 0 Å². The molecule has 0 spiro atoms. The number of hydrogen-bond acceptors (Lipinski definition) is 3. The van der Waals surface area contributed by atoms with Crippen LogP contribution in [0.2, 0.25) is 5.02 Å². The number of nitrogens with zero attached hydrogens (tertiary/aromatic N) is 2. The van der Waals surface area contributed by atoms with Gasteiger partial charge in [-0.05, 0) is 43.9 Å². The number of carbonyl (C=O) groups is 2. The Balaban J connectivity index is 1.63. The highest BCUT2D eigenvalue weighted by atomic mass is 35.5. The van der Waals surface area contributed by atoms with Crippen molar-refractivity contribution in [1.82, 2.24) is 14.8 Å². The van der Waals surface area contributed by atoms with E-state index in [1.54, 1.807) is 6.07 Å². The number of fused-ring (bicyclic) bond motifs is 1. The molecule has 4 rings (SSSR count). The lowest BCUT2D eigenvalue weighted by molar-refractivity contribution is 0.0683. The number of likely N-dealkylation sites (tertiary alicyclic amines) is 1. The van der Waals surface area contributed by atoms with Crippen molar-refractivity contribution in [2.45, 2.75) is 58.3 Å². The molecule has 2 aromatic rings. The molecule has 3 heterocycles. The number of aromatic nitrogens is 1. The van der Waals surface area contributed by atoms with Gasteiger partial charge in [0.1, 0.15) is 5.69 Å². The second kappa shape index (κ2) is 8.82. The number of ether oxygens (including phenoxy) is 1. The lowest BCUT2D eigenvalue weighted by Gasteiger charge is -2.24. The summed E-state index contributed by atoms with van der Waals surface area (Å²) in [6.45, 7) is 6.30. The predicted octanol–water partition coefficient (Wildman–Crippen LogP) is 4.18. The largest absolute Gasteiger partial charge is 0.373 e. The van der Waals surface area contributed by atoms with E-state index in [1.165, 1.54) is 0 Å². The number of amides is 2. The zero-order valence-electron chi connectivity index (χ0n) is 17.5. The summed E-state index contributed by atoms with van der Waals surface area (Å²) in [5, 5.41) is 3.73. The van der Waals surface area contributed by atoms with Crippen LogP contribution < -0.4 is 5.32 Å². The van der Waals surface area contributed by atoms with Crippen molar-refractivity contribution >= 4 is 23.4 Å². The van der Waals surface area contributed by atoms with E-state index in [9.17, 15) is 9.59 Å². The highest BCUT2D eigenvalue weighted by Crippen LogP contribution is 2.28. The maximum Gasteiger partial charge on any atom is 0.270 e. The van der Waals surface area contributed by atoms with Gasteiger partial charge in [0.05, 0.1) is 30.5 Å². The molecule has 0 unspecified atom stereocenters. The fourth-order valence-electron chi connectivity index (χ4n) is 4.47. The third-order valence-corrected chi connectivity index (χ3v) is 6.52. The van der Waals surface area contributed by atoms with Crippen LogP contribution in [0.1, 0.15) is 71.3 Å². The van der Waals surface area contributed by atoms with Crippen molar-refractivity contribution in [3.63, 3.8) is 0 Å². The molecule has 160 valence electrons. The molecule has 1 aromatic heterocycles. The van der Waals surface area contributed by atoms with Gasteiger partial charge in [0.15, 0.2) is 0 Å². The lowest BCUT2D eigenvalue weighted by atomic mass is 10.0. The van der Waals surface area contributed by atoms with E-state index in [0.29, 0.717) is 42.5 Å². The van der Waals surface area contributed by atoms with Crippen LogP contribution in [0.25, 0.3) is 0 Å². The first kappa shape index (κ1) is 20.9. The Morgan fingerprint density at radius 1 is 1.30 bits per heavy atom. The fraction of sp³-hybridized carbons (Fsp3) is 0.478. The van der Waals surface area contributed by atoms with Gasteiger partial charge in [0.25, 0.3) is 11.8 Å². The molecule has 1 saturated heterocycles. The molecule has 0 bridgehead atoms. The van der Waals surface area contributed by atoms with E-state index in [-0.39, 0.29) is 23.9 Å². The molecule has 2 atom stereocenters. The molecule has 2 aliphatic rings. The van der Waals surface area contributed by atoms with Crippen molar-refractivity contribution in [2.24, 2.45) is 0 Å². The number of rotatable bonds is 5. The highest BCUT2D eigenvalue weighted by Gasteiger charge is 2.32. The summed E-state index contributed by atoms with van der Waals surface area (Å²) >= 11 is 6.35. The number of nitrogens with one attached hydrogen (secondary N) is 1. The van der Waals surface area contributed by atoms with Crippen LogP contribution in [0.4, 0.5) is 0 Å². The molecule has 2 amide bonds. The Hall–Kier alpha value is -2.31. The van der Waals surface area contributed by atoms with Crippen molar-refractivity contribution in [2.75, 3.05) is 13.2 Å². The average Bonchev–Trinajstić information content (AvgIpc) is 3.36. The minimum absolute atomic E-state index is 0.000320. The summed E-state index contributed by atoms with van der Waals surface area (Å²) in [7, 11) is 0. The Labute approximate surface area is 182 Å². The maximum atomic E-state index is 13.2. The van der Waals surface area contributed by atoms with E-state index in [1.807, 2.05) is 40.7 Å². The number of carbonyl (C=O) groups excluding carboxylic acids is 2. The Bertz CT molecular complexity index is 955. The molecule has 0 saturated carbocycles. The van der Waals surface area contributed by atoms with Gasteiger partial charge in [-0.2, -0.15) is 0 Å². The molecule has 30 heavy (non-hydrogen) atoms. The topological polar surface area (TPSA) is 63.6 Å². The van der Waals surface area contributed by atoms with Crippen molar-refractivity contribution in [3.05, 3.63) is 57.9 Å². The molecule has 7 heteroatoms. The first-order valence-electron chi connectivity index (χ1n) is 10.7. The Morgan fingerprint density at radius 2 is 2.10 bits per heavy atom. The smallest absolute Gasteiger partial charge is 0.270 e. The first-order chi connectivity index (χ1) is 14.5. The van der Waals surface area contributed by atoms with Crippen molar-refractivity contribution in [3.8, 4) is 0 Å². The van der Waals surface area contributed by atoms with Crippen LogP contribution in [-0.2, 0) is 17.9 Å². The van der Waals surface area contributed by atoms with Gasteiger partial charge in [0, 0.05) is 24.2 Å². The summed E-state index contributed by atoms with van der Waals surface area (Å²) < 4.78 is 7.58. The van der Waals surface area contributed by atoms with Crippen LogP contribution in [0.3, 0.4) is 0 Å². The van der Waals surface area contributed by atoms with E-state index in [0.717, 1.165) is 30.6 Å². The SMILES string of the molecule is CC[C@@H](NC(=O)c1cc(C(=O)N2CCC[C@@H]2C)n2c1COCC2)c1ccccc1Cl. The zero-order chi connectivity index (χ0) is 21.3. The predicted molar refractivity (Wildman–Crippen MR) is 116 cm³/mol. The second-order valence-corrected chi connectivity index (χ2v) is 8.45. The van der Waals surface area contributed by atoms with E-state index >= 15 is 0 Å².